The fraction of sp³-hybridized carbons (Fsp3) is 0.188. The highest BCUT2D eigenvalue weighted by atomic mass is 32.2. The molecule has 0 saturated heterocycles. The predicted octanol–water partition coefficient (Wildman–Crippen LogP) is 2.46. The van der Waals surface area contributed by atoms with Crippen LogP contribution < -0.4 is 0 Å². The zero-order valence-electron chi connectivity index (χ0n) is 11.6. The Kier molecular flexibility index (Phi) is 3.39. The Morgan fingerprint density at radius 1 is 1.00 bits per heavy atom. The van der Waals surface area contributed by atoms with Crippen molar-refractivity contribution in [2.75, 3.05) is 0 Å². The van der Waals surface area contributed by atoms with Crippen molar-refractivity contribution in [1.82, 2.24) is 4.31 Å². The van der Waals surface area contributed by atoms with E-state index in [2.05, 4.69) is 0 Å². The Balaban J connectivity index is 2.07. The van der Waals surface area contributed by atoms with Crippen molar-refractivity contribution in [2.45, 2.75) is 24.4 Å². The van der Waals surface area contributed by atoms with Crippen LogP contribution in [-0.4, -0.2) is 24.5 Å². The highest BCUT2D eigenvalue weighted by Crippen LogP contribution is 2.28. The van der Waals surface area contributed by atoms with Gasteiger partial charge in [0.25, 0.3) is 0 Å². The Labute approximate surface area is 124 Å². The van der Waals surface area contributed by atoms with Crippen molar-refractivity contribution in [1.29, 1.82) is 0 Å². The first-order valence-corrected chi connectivity index (χ1v) is 8.15. The van der Waals surface area contributed by atoms with Crippen molar-refractivity contribution < 1.29 is 13.2 Å². The summed E-state index contributed by atoms with van der Waals surface area (Å²) < 4.78 is 26.7. The van der Waals surface area contributed by atoms with Gasteiger partial charge in [-0.25, -0.2) is 8.42 Å². The molecule has 0 bridgehead atoms. The van der Waals surface area contributed by atoms with E-state index in [-0.39, 0.29) is 17.2 Å². The number of Topliss-reactive ketones (excluding diaryl/α,β-unsaturated/α-hetero) is 1. The minimum absolute atomic E-state index is 0.156. The molecule has 1 heterocycles. The van der Waals surface area contributed by atoms with Gasteiger partial charge in [0, 0.05) is 12.1 Å². The molecule has 0 N–H and O–H groups in total. The largest absolute Gasteiger partial charge is 0.292 e. The second kappa shape index (κ2) is 5.09. The lowest BCUT2D eigenvalue weighted by Gasteiger charge is -2.32. The van der Waals surface area contributed by atoms with Crippen LogP contribution in [0.2, 0.25) is 0 Å². The minimum Gasteiger partial charge on any atom is -0.292 e. The van der Waals surface area contributed by atoms with E-state index >= 15 is 0 Å². The molecule has 2 aromatic rings. The van der Waals surface area contributed by atoms with Gasteiger partial charge in [-0.3, -0.25) is 4.79 Å². The van der Waals surface area contributed by atoms with E-state index in [0.29, 0.717) is 5.56 Å². The SMILES string of the molecule is C[C@H]1C(=O)c2ccccc2CN1S(=O)(=O)c1ccccc1. The van der Waals surface area contributed by atoms with Gasteiger partial charge in [-0.05, 0) is 24.6 Å². The molecule has 0 radical (unpaired) electrons. The van der Waals surface area contributed by atoms with Crippen LogP contribution in [0.1, 0.15) is 22.8 Å². The van der Waals surface area contributed by atoms with E-state index in [4.69, 9.17) is 0 Å². The van der Waals surface area contributed by atoms with Crippen LogP contribution in [0.4, 0.5) is 0 Å². The summed E-state index contributed by atoms with van der Waals surface area (Å²) in [5.41, 5.74) is 1.37. The Morgan fingerprint density at radius 2 is 1.62 bits per heavy atom. The van der Waals surface area contributed by atoms with Crippen molar-refractivity contribution in [3.8, 4) is 0 Å². The number of fused-ring (bicyclic) bond motifs is 1. The summed E-state index contributed by atoms with van der Waals surface area (Å²) in [6.45, 7) is 1.86. The van der Waals surface area contributed by atoms with Crippen LogP contribution in [0.3, 0.4) is 0 Å². The standard InChI is InChI=1S/C16H15NO3S/c1-12-16(18)15-10-6-5-7-13(15)11-17(12)21(19,20)14-8-3-2-4-9-14/h2-10,12H,11H2,1H3/t12-/m0/s1. The molecule has 0 amide bonds. The molecule has 21 heavy (non-hydrogen) atoms. The van der Waals surface area contributed by atoms with Gasteiger partial charge >= 0.3 is 0 Å². The third-order valence-electron chi connectivity index (χ3n) is 3.77. The predicted molar refractivity (Wildman–Crippen MR) is 79.4 cm³/mol. The number of carbonyl (C=O) groups is 1. The first-order chi connectivity index (χ1) is 10.0. The fourth-order valence-electron chi connectivity index (χ4n) is 2.58. The quantitative estimate of drug-likeness (QED) is 0.856. The van der Waals surface area contributed by atoms with E-state index in [9.17, 15) is 13.2 Å². The van der Waals surface area contributed by atoms with Crippen LogP contribution in [0.15, 0.2) is 59.5 Å². The fourth-order valence-corrected chi connectivity index (χ4v) is 4.17. The van der Waals surface area contributed by atoms with Crippen molar-refractivity contribution in [3.63, 3.8) is 0 Å². The highest BCUT2D eigenvalue weighted by Gasteiger charge is 2.37. The van der Waals surface area contributed by atoms with Crippen LogP contribution in [0, 0.1) is 0 Å². The van der Waals surface area contributed by atoms with Crippen molar-refractivity contribution >= 4 is 15.8 Å². The molecule has 2 aromatic carbocycles. The summed E-state index contributed by atoms with van der Waals surface area (Å²) in [5, 5.41) is 0. The van der Waals surface area contributed by atoms with Gasteiger partial charge in [0.15, 0.2) is 5.78 Å². The van der Waals surface area contributed by atoms with Gasteiger partial charge in [0.2, 0.25) is 10.0 Å². The molecule has 4 nitrogen and oxygen atoms in total. The number of carbonyl (C=O) groups excluding carboxylic acids is 1. The molecule has 3 rings (SSSR count). The number of benzene rings is 2. The molecule has 0 aliphatic carbocycles. The third kappa shape index (κ3) is 2.28. The molecule has 1 aliphatic heterocycles. The Bertz CT molecular complexity index is 784. The second-order valence-electron chi connectivity index (χ2n) is 5.06. The molecule has 0 aromatic heterocycles. The van der Waals surface area contributed by atoms with E-state index in [1.807, 2.05) is 6.07 Å². The van der Waals surface area contributed by atoms with Crippen LogP contribution >= 0.6 is 0 Å². The normalized spacial score (nSPS) is 19.3. The second-order valence-corrected chi connectivity index (χ2v) is 6.95. The van der Waals surface area contributed by atoms with E-state index in [1.54, 1.807) is 55.5 Å². The maximum atomic E-state index is 12.7. The topological polar surface area (TPSA) is 54.5 Å². The number of hydrogen-bond donors (Lipinski definition) is 0. The number of rotatable bonds is 2. The number of hydrogen-bond acceptors (Lipinski definition) is 3. The van der Waals surface area contributed by atoms with Gasteiger partial charge in [-0.1, -0.05) is 42.5 Å². The van der Waals surface area contributed by atoms with E-state index < -0.39 is 16.1 Å². The molecule has 0 saturated carbocycles. The number of ketones is 1. The lowest BCUT2D eigenvalue weighted by atomic mass is 9.95. The first kappa shape index (κ1) is 14.0. The average Bonchev–Trinajstić information content (AvgIpc) is 2.51. The molecule has 0 unspecified atom stereocenters. The number of sulfonamides is 1. The van der Waals surface area contributed by atoms with Gasteiger partial charge < -0.3 is 0 Å². The van der Waals surface area contributed by atoms with Gasteiger partial charge in [0.05, 0.1) is 10.9 Å². The van der Waals surface area contributed by atoms with Gasteiger partial charge in [-0.2, -0.15) is 4.31 Å². The van der Waals surface area contributed by atoms with Crippen LogP contribution in [0.25, 0.3) is 0 Å². The van der Waals surface area contributed by atoms with Crippen molar-refractivity contribution in [2.24, 2.45) is 0 Å². The summed E-state index contributed by atoms with van der Waals surface area (Å²) in [6.07, 6.45) is 0. The molecule has 108 valence electrons. The molecule has 1 aliphatic rings. The van der Waals surface area contributed by atoms with Gasteiger partial charge in [0.1, 0.15) is 0 Å². The van der Waals surface area contributed by atoms with Crippen LogP contribution in [-0.2, 0) is 16.6 Å². The molecule has 5 heteroatoms. The average molecular weight is 301 g/mol. The Hall–Kier alpha value is -1.98. The van der Waals surface area contributed by atoms with Crippen molar-refractivity contribution in [3.05, 3.63) is 65.7 Å². The smallest absolute Gasteiger partial charge is 0.244 e. The Morgan fingerprint density at radius 3 is 2.33 bits per heavy atom. The molecular weight excluding hydrogens is 286 g/mol. The summed E-state index contributed by atoms with van der Waals surface area (Å²) in [7, 11) is -3.67. The lowest BCUT2D eigenvalue weighted by molar-refractivity contribution is 0.0884. The maximum Gasteiger partial charge on any atom is 0.244 e. The number of nitrogens with zero attached hydrogens (tertiary/aromatic N) is 1. The summed E-state index contributed by atoms with van der Waals surface area (Å²) in [5.74, 6) is -0.156. The van der Waals surface area contributed by atoms with Gasteiger partial charge in [-0.15, -0.1) is 0 Å². The zero-order chi connectivity index (χ0) is 15.0. The highest BCUT2D eigenvalue weighted by molar-refractivity contribution is 7.89. The van der Waals surface area contributed by atoms with E-state index in [1.165, 1.54) is 4.31 Å². The van der Waals surface area contributed by atoms with E-state index in [0.717, 1.165) is 5.56 Å². The summed E-state index contributed by atoms with van der Waals surface area (Å²) in [4.78, 5) is 12.6. The van der Waals surface area contributed by atoms with Crippen LogP contribution in [0.5, 0.6) is 0 Å². The minimum atomic E-state index is -3.67. The third-order valence-corrected chi connectivity index (χ3v) is 5.70. The monoisotopic (exact) mass is 301 g/mol. The lowest BCUT2D eigenvalue weighted by Crippen LogP contribution is -2.46. The zero-order valence-corrected chi connectivity index (χ0v) is 12.4. The summed E-state index contributed by atoms with van der Waals surface area (Å²) in [6, 6.07) is 14.7. The first-order valence-electron chi connectivity index (χ1n) is 6.71. The molecule has 1 atom stereocenters. The molecule has 0 fully saturated rings. The summed E-state index contributed by atoms with van der Waals surface area (Å²) >= 11 is 0. The maximum absolute atomic E-state index is 12.7. The molecule has 0 spiro atoms. The molecular formula is C16H15NO3S.